The number of aldehydes is 1. The van der Waals surface area contributed by atoms with Gasteiger partial charge in [-0.25, -0.2) is 0 Å². The number of ketones is 2. The summed E-state index contributed by atoms with van der Waals surface area (Å²) >= 11 is 0. The Hall–Kier alpha value is -1.33. The number of aliphatic hydroxyl groups is 2. The molecule has 3 fully saturated rings. The van der Waals surface area contributed by atoms with Crippen LogP contribution in [0.15, 0.2) is 11.6 Å². The van der Waals surface area contributed by atoms with E-state index in [1.165, 1.54) is 0 Å². The maximum atomic E-state index is 12.3. The van der Waals surface area contributed by atoms with Crippen molar-refractivity contribution in [1.29, 1.82) is 0 Å². The smallest absolute Gasteiger partial charge is 0.162 e. The third kappa shape index (κ3) is 2.26. The van der Waals surface area contributed by atoms with Crippen LogP contribution >= 0.6 is 0 Å². The van der Waals surface area contributed by atoms with Crippen molar-refractivity contribution in [1.82, 2.24) is 0 Å². The minimum atomic E-state index is -0.841. The number of carbonyl (C=O) groups excluding carboxylic acids is 3. The van der Waals surface area contributed by atoms with Gasteiger partial charge in [-0.15, -0.1) is 0 Å². The van der Waals surface area contributed by atoms with Gasteiger partial charge in [0, 0.05) is 24.2 Å². The summed E-state index contributed by atoms with van der Waals surface area (Å²) in [4.78, 5) is 36.4. The van der Waals surface area contributed by atoms with Crippen LogP contribution in [-0.4, -0.2) is 40.8 Å². The van der Waals surface area contributed by atoms with E-state index in [9.17, 15) is 24.6 Å². The van der Waals surface area contributed by atoms with E-state index >= 15 is 0 Å². The van der Waals surface area contributed by atoms with Crippen molar-refractivity contribution in [3.05, 3.63) is 11.6 Å². The van der Waals surface area contributed by atoms with Crippen LogP contribution in [0, 0.1) is 34.5 Å². The Labute approximate surface area is 153 Å². The van der Waals surface area contributed by atoms with Gasteiger partial charge in [0.2, 0.25) is 0 Å². The van der Waals surface area contributed by atoms with Crippen molar-refractivity contribution in [3.63, 3.8) is 0 Å². The number of rotatable bonds is 3. The SMILES string of the molecule is C[C@]12CCC(=O)CC1=CCC1C2[C@@H](O)C[C@@]2(C=O)C1CC[C@@H]2C(=O)CO. The van der Waals surface area contributed by atoms with Gasteiger partial charge in [-0.05, 0) is 55.3 Å². The van der Waals surface area contributed by atoms with Crippen molar-refractivity contribution in [2.45, 2.75) is 58.0 Å². The number of fused-ring (bicyclic) bond motifs is 5. The Kier molecular flexibility index (Phi) is 4.23. The molecule has 5 heteroatoms. The van der Waals surface area contributed by atoms with E-state index in [0.717, 1.165) is 31.1 Å². The molecule has 0 aromatic rings. The lowest BCUT2D eigenvalue weighted by molar-refractivity contribution is -0.155. The van der Waals surface area contributed by atoms with Crippen LogP contribution in [0.4, 0.5) is 0 Å². The van der Waals surface area contributed by atoms with E-state index < -0.39 is 24.0 Å². The Morgan fingerprint density at radius 1 is 1.38 bits per heavy atom. The zero-order chi connectivity index (χ0) is 18.7. The Balaban J connectivity index is 1.74. The first kappa shape index (κ1) is 18.1. The summed E-state index contributed by atoms with van der Waals surface area (Å²) in [6.45, 7) is 1.63. The molecule has 26 heavy (non-hydrogen) atoms. The first-order chi connectivity index (χ1) is 12.4. The van der Waals surface area contributed by atoms with Crippen molar-refractivity contribution < 1.29 is 24.6 Å². The molecule has 142 valence electrons. The fourth-order valence-electron chi connectivity index (χ4n) is 7.10. The first-order valence-corrected chi connectivity index (χ1v) is 9.86. The molecular weight excluding hydrogens is 332 g/mol. The number of aliphatic hydroxyl groups excluding tert-OH is 2. The molecule has 0 aromatic heterocycles. The van der Waals surface area contributed by atoms with Crippen molar-refractivity contribution >= 4 is 17.9 Å². The molecule has 0 aliphatic heterocycles. The predicted molar refractivity (Wildman–Crippen MR) is 94.1 cm³/mol. The van der Waals surface area contributed by atoms with Gasteiger partial charge in [0.05, 0.1) is 6.10 Å². The largest absolute Gasteiger partial charge is 0.393 e. The topological polar surface area (TPSA) is 91.7 Å². The molecule has 7 atom stereocenters. The molecule has 4 rings (SSSR count). The summed E-state index contributed by atoms with van der Waals surface area (Å²) in [6.07, 6.45) is 6.70. The maximum Gasteiger partial charge on any atom is 0.162 e. The number of carbonyl (C=O) groups is 3. The molecule has 4 aliphatic rings. The number of hydrogen-bond donors (Lipinski definition) is 2. The lowest BCUT2D eigenvalue weighted by Gasteiger charge is -2.58. The molecule has 3 saturated carbocycles. The highest BCUT2D eigenvalue weighted by atomic mass is 16.3. The zero-order valence-electron chi connectivity index (χ0n) is 15.3. The molecule has 5 nitrogen and oxygen atoms in total. The molecule has 0 aromatic carbocycles. The lowest BCUT2D eigenvalue weighted by Crippen LogP contribution is -2.58. The van der Waals surface area contributed by atoms with Gasteiger partial charge in [0.25, 0.3) is 0 Å². The third-order valence-electron chi connectivity index (χ3n) is 8.24. The molecule has 0 amide bonds. The van der Waals surface area contributed by atoms with E-state index in [4.69, 9.17) is 0 Å². The fraction of sp³-hybridized carbons (Fsp3) is 0.762. The van der Waals surface area contributed by atoms with Gasteiger partial charge >= 0.3 is 0 Å². The summed E-state index contributed by atoms with van der Waals surface area (Å²) in [5.74, 6) is -0.210. The lowest BCUT2D eigenvalue weighted by atomic mass is 9.46. The van der Waals surface area contributed by atoms with Crippen molar-refractivity contribution in [3.8, 4) is 0 Å². The van der Waals surface area contributed by atoms with Crippen LogP contribution < -0.4 is 0 Å². The van der Waals surface area contributed by atoms with Crippen LogP contribution in [-0.2, 0) is 14.4 Å². The van der Waals surface area contributed by atoms with Gasteiger partial charge in [0.1, 0.15) is 18.7 Å². The van der Waals surface area contributed by atoms with Crippen LogP contribution in [0.1, 0.15) is 51.9 Å². The monoisotopic (exact) mass is 360 g/mol. The Morgan fingerprint density at radius 3 is 2.85 bits per heavy atom. The Bertz CT molecular complexity index is 682. The van der Waals surface area contributed by atoms with Crippen molar-refractivity contribution in [2.75, 3.05) is 6.61 Å². The minimum Gasteiger partial charge on any atom is -0.393 e. The van der Waals surface area contributed by atoms with E-state index in [-0.39, 0.29) is 34.7 Å². The Morgan fingerprint density at radius 2 is 2.15 bits per heavy atom. The molecule has 0 spiro atoms. The second-order valence-corrected chi connectivity index (χ2v) is 9.15. The van der Waals surface area contributed by atoms with Crippen LogP contribution in [0.25, 0.3) is 0 Å². The fourth-order valence-corrected chi connectivity index (χ4v) is 7.10. The molecule has 4 aliphatic carbocycles. The summed E-state index contributed by atoms with van der Waals surface area (Å²) in [7, 11) is 0. The third-order valence-corrected chi connectivity index (χ3v) is 8.24. The van der Waals surface area contributed by atoms with Crippen LogP contribution in [0.5, 0.6) is 0 Å². The maximum absolute atomic E-state index is 12.3. The van der Waals surface area contributed by atoms with Gasteiger partial charge in [0.15, 0.2) is 5.78 Å². The molecule has 3 unspecified atom stereocenters. The normalized spacial score (nSPS) is 47.4. The second-order valence-electron chi connectivity index (χ2n) is 9.15. The predicted octanol–water partition coefficient (Wildman–Crippen LogP) is 1.85. The molecule has 0 heterocycles. The zero-order valence-corrected chi connectivity index (χ0v) is 15.3. The van der Waals surface area contributed by atoms with Crippen LogP contribution in [0.3, 0.4) is 0 Å². The van der Waals surface area contributed by atoms with Gasteiger partial charge in [-0.3, -0.25) is 9.59 Å². The van der Waals surface area contributed by atoms with Gasteiger partial charge in [-0.1, -0.05) is 18.6 Å². The highest BCUT2D eigenvalue weighted by Crippen LogP contribution is 2.65. The average Bonchev–Trinajstić information content (AvgIpc) is 3.00. The van der Waals surface area contributed by atoms with E-state index in [1.54, 1.807) is 0 Å². The van der Waals surface area contributed by atoms with Crippen LogP contribution in [0.2, 0.25) is 0 Å². The van der Waals surface area contributed by atoms with Crippen molar-refractivity contribution in [2.24, 2.45) is 34.5 Å². The number of allylic oxidation sites excluding steroid dienone is 2. The number of Topliss-reactive ketones (excluding diaryl/α,β-unsaturated/α-hetero) is 2. The summed E-state index contributed by atoms with van der Waals surface area (Å²) < 4.78 is 0. The van der Waals surface area contributed by atoms with Gasteiger partial charge < -0.3 is 15.0 Å². The summed E-state index contributed by atoms with van der Waals surface area (Å²) in [5, 5.41) is 20.5. The molecular formula is C21H28O5. The summed E-state index contributed by atoms with van der Waals surface area (Å²) in [6, 6.07) is 0. The summed E-state index contributed by atoms with van der Waals surface area (Å²) in [5.41, 5.74) is 0.130. The molecule has 0 saturated heterocycles. The number of hydrogen-bond acceptors (Lipinski definition) is 5. The minimum absolute atomic E-state index is 0.0386. The van der Waals surface area contributed by atoms with E-state index in [2.05, 4.69) is 13.0 Å². The first-order valence-electron chi connectivity index (χ1n) is 9.86. The highest BCUT2D eigenvalue weighted by Gasteiger charge is 2.64. The highest BCUT2D eigenvalue weighted by molar-refractivity contribution is 5.87. The average molecular weight is 360 g/mol. The molecule has 0 radical (unpaired) electrons. The van der Waals surface area contributed by atoms with Gasteiger partial charge in [-0.2, -0.15) is 0 Å². The standard InChI is InChI=1S/C21H28O5/c1-20-7-6-13(24)8-12(20)2-3-14-15-4-5-16(18(26)10-22)21(15,11-23)9-17(25)19(14)20/h2,11,14-17,19,22,25H,3-10H2,1H3/t14?,15?,16-,17+,19?,20+,21-/m1/s1. The quantitative estimate of drug-likeness (QED) is 0.592. The second kappa shape index (κ2) is 6.10. The van der Waals surface area contributed by atoms with E-state index in [1.807, 2.05) is 0 Å². The van der Waals surface area contributed by atoms with E-state index in [0.29, 0.717) is 25.7 Å². The molecule has 2 N–H and O–H groups in total. The molecule has 0 bridgehead atoms.